The molecule has 1 aliphatic carbocycles. The van der Waals surface area contributed by atoms with E-state index >= 15 is 0 Å². The second-order valence-corrected chi connectivity index (χ2v) is 13.0. The van der Waals surface area contributed by atoms with Crippen LogP contribution in [0.5, 0.6) is 5.75 Å². The Labute approximate surface area is 229 Å². The lowest BCUT2D eigenvalue weighted by Gasteiger charge is -2.21. The summed E-state index contributed by atoms with van der Waals surface area (Å²) in [5.41, 5.74) is 1.12. The lowest BCUT2D eigenvalue weighted by molar-refractivity contribution is 0.409. The summed E-state index contributed by atoms with van der Waals surface area (Å²) in [6.07, 6.45) is 8.01. The molecule has 2 heterocycles. The van der Waals surface area contributed by atoms with Crippen LogP contribution in [0, 0.1) is 12.8 Å². The number of rotatable bonds is 8. The molecule has 0 aliphatic heterocycles. The minimum Gasteiger partial charge on any atom is -0.495 e. The minimum atomic E-state index is -4.27. The van der Waals surface area contributed by atoms with Crippen molar-refractivity contribution in [3.05, 3.63) is 90.3 Å². The van der Waals surface area contributed by atoms with E-state index in [4.69, 9.17) is 8.92 Å². The van der Waals surface area contributed by atoms with Crippen molar-refractivity contribution in [3.8, 4) is 5.75 Å². The van der Waals surface area contributed by atoms with Gasteiger partial charge in [0.2, 0.25) is 0 Å². The highest BCUT2D eigenvalue weighted by Gasteiger charge is 2.30. The van der Waals surface area contributed by atoms with Gasteiger partial charge < -0.3 is 8.92 Å². The van der Waals surface area contributed by atoms with Crippen molar-refractivity contribution in [1.82, 2.24) is 8.96 Å². The summed E-state index contributed by atoms with van der Waals surface area (Å²) >= 11 is 0. The van der Waals surface area contributed by atoms with Crippen LogP contribution in [0.2, 0.25) is 0 Å². The largest absolute Gasteiger partial charge is 0.495 e. The number of aryl methyl sites for hydroxylation is 1. The summed E-state index contributed by atoms with van der Waals surface area (Å²) in [7, 11) is -6.97. The summed E-state index contributed by atoms with van der Waals surface area (Å²) in [5, 5.41) is 0.467. The van der Waals surface area contributed by atoms with Crippen LogP contribution in [0.4, 0.5) is 0 Å². The molecule has 0 N–H and O–H groups in total. The molecule has 1 aliphatic rings. The van der Waals surface area contributed by atoms with Crippen LogP contribution in [-0.4, -0.2) is 32.9 Å². The Morgan fingerprint density at radius 3 is 2.28 bits per heavy atom. The zero-order valence-electron chi connectivity index (χ0n) is 21.8. The predicted molar refractivity (Wildman–Crippen MR) is 149 cm³/mol. The second kappa shape index (κ2) is 10.9. The Hall–Kier alpha value is -3.63. The Bertz CT molecular complexity index is 1720. The molecule has 1 fully saturated rings. The first-order valence-corrected chi connectivity index (χ1v) is 15.6. The first-order chi connectivity index (χ1) is 18.7. The highest BCUT2D eigenvalue weighted by molar-refractivity contribution is 7.90. The summed E-state index contributed by atoms with van der Waals surface area (Å²) in [5.74, 6) is 0.434. The summed E-state index contributed by atoms with van der Waals surface area (Å²) in [4.78, 5) is 4.41. The molecule has 8 nitrogen and oxygen atoms in total. The van der Waals surface area contributed by atoms with Gasteiger partial charge in [-0.05, 0) is 68.2 Å². The van der Waals surface area contributed by atoms with Gasteiger partial charge in [-0.3, -0.25) is 0 Å². The van der Waals surface area contributed by atoms with Crippen LogP contribution >= 0.6 is 0 Å². The lowest BCUT2D eigenvalue weighted by Crippen LogP contribution is -2.18. The van der Waals surface area contributed by atoms with Gasteiger partial charge in [-0.25, -0.2) is 17.4 Å². The number of nitrogens with zero attached hydrogens (tertiary/aromatic N) is 2. The predicted octanol–water partition coefficient (Wildman–Crippen LogP) is 5.92. The van der Waals surface area contributed by atoms with E-state index < -0.39 is 20.1 Å². The third kappa shape index (κ3) is 5.58. The van der Waals surface area contributed by atoms with Crippen molar-refractivity contribution >= 4 is 36.9 Å². The number of fused-ring (bicyclic) bond motifs is 1. The molecule has 0 unspecified atom stereocenters. The van der Waals surface area contributed by atoms with Crippen molar-refractivity contribution in [2.45, 2.75) is 48.8 Å². The third-order valence-electron chi connectivity index (χ3n) is 6.89. The molecule has 39 heavy (non-hydrogen) atoms. The maximum Gasteiger partial charge on any atom is 0.339 e. The van der Waals surface area contributed by atoms with E-state index in [-0.39, 0.29) is 32.8 Å². The number of pyridine rings is 1. The molecule has 10 heteroatoms. The fourth-order valence-electron chi connectivity index (χ4n) is 4.82. The number of ether oxygens (including phenoxy) is 1. The van der Waals surface area contributed by atoms with Gasteiger partial charge in [0.15, 0.2) is 11.4 Å². The quantitative estimate of drug-likeness (QED) is 0.193. The van der Waals surface area contributed by atoms with E-state index in [1.165, 1.54) is 37.6 Å². The van der Waals surface area contributed by atoms with Gasteiger partial charge in [0.1, 0.15) is 16.3 Å². The van der Waals surface area contributed by atoms with Crippen LogP contribution in [0.25, 0.3) is 16.8 Å². The van der Waals surface area contributed by atoms with E-state index in [1.807, 2.05) is 6.92 Å². The van der Waals surface area contributed by atoms with Gasteiger partial charge in [-0.1, -0.05) is 55.2 Å². The van der Waals surface area contributed by atoms with Gasteiger partial charge in [-0.15, -0.1) is 0 Å². The molecule has 0 spiro atoms. The molecule has 1 saturated carbocycles. The van der Waals surface area contributed by atoms with Crippen molar-refractivity contribution in [2.75, 3.05) is 7.11 Å². The molecule has 204 valence electrons. The van der Waals surface area contributed by atoms with Crippen LogP contribution in [-0.2, 0) is 24.3 Å². The molecule has 4 aromatic rings. The number of methoxy groups -OCH3 is 1. The van der Waals surface area contributed by atoms with E-state index in [0.29, 0.717) is 11.1 Å². The van der Waals surface area contributed by atoms with Crippen molar-refractivity contribution in [1.29, 1.82) is 0 Å². The molecule has 0 radical (unpaired) electrons. The van der Waals surface area contributed by atoms with Gasteiger partial charge in [0.25, 0.3) is 10.0 Å². The average Bonchev–Trinajstić information content (AvgIpc) is 3.33. The fraction of sp³-hybridized carbons (Fsp3) is 0.276. The van der Waals surface area contributed by atoms with Crippen LogP contribution < -0.4 is 4.74 Å². The van der Waals surface area contributed by atoms with E-state index in [1.54, 1.807) is 48.5 Å². The fourth-order valence-corrected chi connectivity index (χ4v) is 7.25. The number of hydrogen-bond acceptors (Lipinski definition) is 7. The van der Waals surface area contributed by atoms with Gasteiger partial charge >= 0.3 is 10.1 Å². The summed E-state index contributed by atoms with van der Waals surface area (Å²) in [6.45, 7) is 1.86. The minimum absolute atomic E-state index is 0.0176. The highest BCUT2D eigenvalue weighted by Crippen LogP contribution is 2.35. The Balaban J connectivity index is 1.74. The SMILES string of the molecule is COc1cnc2c(c1)cc(/C(=C/C1CCCCC1)OS(=O)(=O)c1ccc(C)cc1)n2S(=O)(=O)c1ccccc1. The molecule has 0 amide bonds. The molecule has 5 rings (SSSR count). The van der Waals surface area contributed by atoms with Crippen molar-refractivity contribution in [3.63, 3.8) is 0 Å². The van der Waals surface area contributed by atoms with Crippen LogP contribution in [0.15, 0.2) is 88.8 Å². The standard InChI is InChI=1S/C29H30N2O6S2/c1-21-13-15-26(16-14-21)39(34,35)37-28(17-22-9-5-3-6-10-22)27-19-23-18-24(36-2)20-30-29(23)31(27)38(32,33)25-11-7-4-8-12-25/h4,7-8,11-20,22H,3,5-6,9-10H2,1-2H3/b28-17-. The number of aromatic nitrogens is 2. The maximum atomic E-state index is 14.0. The lowest BCUT2D eigenvalue weighted by atomic mass is 9.88. The first-order valence-electron chi connectivity index (χ1n) is 12.8. The first kappa shape index (κ1) is 27.0. The average molecular weight is 567 g/mol. The third-order valence-corrected chi connectivity index (χ3v) is 9.86. The normalized spacial score (nSPS) is 15.4. The summed E-state index contributed by atoms with van der Waals surface area (Å²) < 4.78 is 67.1. The number of hydrogen-bond donors (Lipinski definition) is 0. The molecule has 0 atom stereocenters. The van der Waals surface area contributed by atoms with Gasteiger partial charge in [-0.2, -0.15) is 8.42 Å². The van der Waals surface area contributed by atoms with Crippen molar-refractivity contribution in [2.24, 2.45) is 5.92 Å². The smallest absolute Gasteiger partial charge is 0.339 e. The van der Waals surface area contributed by atoms with E-state index in [9.17, 15) is 16.8 Å². The molecular weight excluding hydrogens is 536 g/mol. The monoisotopic (exact) mass is 566 g/mol. The van der Waals surface area contributed by atoms with Gasteiger partial charge in [0, 0.05) is 5.39 Å². The van der Waals surface area contributed by atoms with Crippen LogP contribution in [0.1, 0.15) is 43.4 Å². The topological polar surface area (TPSA) is 105 Å². The number of allylic oxidation sites excluding steroid dienone is 1. The second-order valence-electron chi connectivity index (χ2n) is 9.68. The maximum absolute atomic E-state index is 14.0. The Morgan fingerprint density at radius 2 is 1.62 bits per heavy atom. The van der Waals surface area contributed by atoms with E-state index in [2.05, 4.69) is 4.98 Å². The zero-order chi connectivity index (χ0) is 27.6. The zero-order valence-corrected chi connectivity index (χ0v) is 23.4. The summed E-state index contributed by atoms with van der Waals surface area (Å²) in [6, 6.07) is 17.5. The van der Waals surface area contributed by atoms with Gasteiger partial charge in [0.05, 0.1) is 18.2 Å². The molecular formula is C29H30N2O6S2. The van der Waals surface area contributed by atoms with E-state index in [0.717, 1.165) is 41.6 Å². The molecule has 2 aromatic heterocycles. The highest BCUT2D eigenvalue weighted by atomic mass is 32.2. The molecule has 2 aromatic carbocycles. The van der Waals surface area contributed by atoms with Crippen LogP contribution in [0.3, 0.4) is 0 Å². The number of benzene rings is 2. The Kier molecular flexibility index (Phi) is 7.51. The molecule has 0 bridgehead atoms. The Morgan fingerprint density at radius 1 is 0.923 bits per heavy atom. The van der Waals surface area contributed by atoms with Crippen molar-refractivity contribution < 1.29 is 25.8 Å². The molecule has 0 saturated heterocycles.